The van der Waals surface area contributed by atoms with Crippen LogP contribution >= 0.6 is 11.8 Å². The molecule has 136 valence electrons. The van der Waals surface area contributed by atoms with Gasteiger partial charge in [0.25, 0.3) is 5.89 Å². The van der Waals surface area contributed by atoms with E-state index in [2.05, 4.69) is 27.5 Å². The first kappa shape index (κ1) is 18.2. The number of amides is 1. The van der Waals surface area contributed by atoms with E-state index in [0.717, 1.165) is 11.3 Å². The maximum absolute atomic E-state index is 12.2. The van der Waals surface area contributed by atoms with Gasteiger partial charge in [-0.1, -0.05) is 24.2 Å². The maximum atomic E-state index is 12.2. The average molecular weight is 371 g/mol. The third-order valence-corrected chi connectivity index (χ3v) is 4.52. The zero-order chi connectivity index (χ0) is 18.5. The third kappa shape index (κ3) is 4.51. The number of carbonyl (C=O) groups is 1. The van der Waals surface area contributed by atoms with E-state index in [4.69, 9.17) is 4.42 Å². The molecule has 26 heavy (non-hydrogen) atoms. The summed E-state index contributed by atoms with van der Waals surface area (Å²) in [5.41, 5.74) is 1.51. The van der Waals surface area contributed by atoms with Gasteiger partial charge in [-0.05, 0) is 43.4 Å². The van der Waals surface area contributed by atoms with E-state index in [1.165, 1.54) is 4.90 Å². The molecule has 2 heterocycles. The average Bonchev–Trinajstić information content (AvgIpc) is 3.26. The molecule has 0 spiro atoms. The van der Waals surface area contributed by atoms with Crippen LogP contribution in [0.4, 0.5) is 6.01 Å². The van der Waals surface area contributed by atoms with E-state index < -0.39 is 0 Å². The molecule has 0 saturated carbocycles. The van der Waals surface area contributed by atoms with Crippen molar-refractivity contribution >= 4 is 23.7 Å². The van der Waals surface area contributed by atoms with Crippen molar-refractivity contribution in [3.05, 3.63) is 42.1 Å². The highest BCUT2D eigenvalue weighted by molar-refractivity contribution is 7.99. The fraction of sp³-hybridized carbons (Fsp3) is 0.333. The molecule has 1 aromatic carbocycles. The largest absolute Gasteiger partial charge is 0.401 e. The summed E-state index contributed by atoms with van der Waals surface area (Å²) < 4.78 is 7.29. The molecular formula is C18H21N5O2S. The predicted octanol–water partition coefficient (Wildman–Crippen LogP) is 3.81. The molecule has 0 aliphatic carbocycles. The predicted molar refractivity (Wildman–Crippen MR) is 101 cm³/mol. The normalized spacial score (nSPS) is 11.1. The van der Waals surface area contributed by atoms with Gasteiger partial charge in [0.15, 0.2) is 0 Å². The standard InChI is InChI=1S/C18H21N5O2S/c1-4-26-14-7-5-13(6-8-14)11-16(24)19-18-21-20-17(25-18)15-9-10-23(22-15)12(2)3/h5-10,12H,4,11H2,1-3H3,(H,19,21,24). The second kappa shape index (κ2) is 8.18. The number of thioether (sulfide) groups is 1. The summed E-state index contributed by atoms with van der Waals surface area (Å²) in [6, 6.07) is 10.1. The first-order chi connectivity index (χ1) is 12.5. The summed E-state index contributed by atoms with van der Waals surface area (Å²) in [5, 5.41) is 14.8. The number of benzene rings is 1. The Morgan fingerprint density at radius 1 is 1.23 bits per heavy atom. The minimum absolute atomic E-state index is 0.0715. The van der Waals surface area contributed by atoms with Crippen molar-refractivity contribution in [2.75, 3.05) is 11.1 Å². The first-order valence-corrected chi connectivity index (χ1v) is 9.44. The quantitative estimate of drug-likeness (QED) is 0.636. The molecule has 8 heteroatoms. The van der Waals surface area contributed by atoms with Crippen molar-refractivity contribution in [3.8, 4) is 11.6 Å². The van der Waals surface area contributed by atoms with Gasteiger partial charge in [0.1, 0.15) is 5.69 Å². The Morgan fingerprint density at radius 3 is 2.65 bits per heavy atom. The summed E-state index contributed by atoms with van der Waals surface area (Å²) in [4.78, 5) is 13.4. The monoisotopic (exact) mass is 371 g/mol. The lowest BCUT2D eigenvalue weighted by Crippen LogP contribution is -2.14. The Morgan fingerprint density at radius 2 is 2.00 bits per heavy atom. The molecular weight excluding hydrogens is 350 g/mol. The molecule has 1 amide bonds. The fourth-order valence-electron chi connectivity index (χ4n) is 2.34. The number of nitrogens with one attached hydrogen (secondary N) is 1. The zero-order valence-electron chi connectivity index (χ0n) is 15.0. The van der Waals surface area contributed by atoms with E-state index in [1.54, 1.807) is 22.5 Å². The topological polar surface area (TPSA) is 85.8 Å². The Balaban J connectivity index is 1.60. The van der Waals surface area contributed by atoms with E-state index >= 15 is 0 Å². The van der Waals surface area contributed by atoms with Crippen molar-refractivity contribution in [1.82, 2.24) is 20.0 Å². The van der Waals surface area contributed by atoms with Crippen LogP contribution in [0.2, 0.25) is 0 Å². The van der Waals surface area contributed by atoms with Crippen LogP contribution < -0.4 is 5.32 Å². The van der Waals surface area contributed by atoms with Crippen molar-refractivity contribution in [3.63, 3.8) is 0 Å². The van der Waals surface area contributed by atoms with Gasteiger partial charge in [0.2, 0.25) is 5.91 Å². The molecule has 7 nitrogen and oxygen atoms in total. The van der Waals surface area contributed by atoms with E-state index in [-0.39, 0.29) is 30.3 Å². The lowest BCUT2D eigenvalue weighted by molar-refractivity contribution is -0.115. The number of nitrogens with zero attached hydrogens (tertiary/aromatic N) is 4. The smallest absolute Gasteiger partial charge is 0.322 e. The van der Waals surface area contributed by atoms with Gasteiger partial charge in [-0.3, -0.25) is 14.8 Å². The molecule has 0 fully saturated rings. The number of hydrogen-bond acceptors (Lipinski definition) is 6. The second-order valence-corrected chi connectivity index (χ2v) is 7.33. The van der Waals surface area contributed by atoms with E-state index in [9.17, 15) is 4.79 Å². The van der Waals surface area contributed by atoms with Crippen molar-refractivity contribution in [2.24, 2.45) is 0 Å². The molecule has 0 unspecified atom stereocenters. The van der Waals surface area contributed by atoms with E-state index in [1.807, 2.05) is 44.3 Å². The van der Waals surface area contributed by atoms with Crippen molar-refractivity contribution < 1.29 is 9.21 Å². The van der Waals surface area contributed by atoms with Gasteiger partial charge in [-0.25, -0.2) is 0 Å². The van der Waals surface area contributed by atoms with Gasteiger partial charge < -0.3 is 4.42 Å². The van der Waals surface area contributed by atoms with Crippen LogP contribution in [0, 0.1) is 0 Å². The highest BCUT2D eigenvalue weighted by atomic mass is 32.2. The van der Waals surface area contributed by atoms with Crippen LogP contribution in [-0.2, 0) is 11.2 Å². The number of rotatable bonds is 7. The van der Waals surface area contributed by atoms with E-state index in [0.29, 0.717) is 5.69 Å². The Bertz CT molecular complexity index is 870. The summed E-state index contributed by atoms with van der Waals surface area (Å²) >= 11 is 1.77. The third-order valence-electron chi connectivity index (χ3n) is 3.63. The number of anilines is 1. The van der Waals surface area contributed by atoms with Gasteiger partial charge in [0, 0.05) is 17.1 Å². The van der Waals surface area contributed by atoms with Crippen LogP contribution in [0.15, 0.2) is 45.8 Å². The Kier molecular flexibility index (Phi) is 5.72. The SMILES string of the molecule is CCSc1ccc(CC(=O)Nc2nnc(-c3ccn(C(C)C)n3)o2)cc1. The first-order valence-electron chi connectivity index (χ1n) is 8.45. The molecule has 3 aromatic rings. The molecule has 0 aliphatic heterocycles. The molecule has 0 radical (unpaired) electrons. The summed E-state index contributed by atoms with van der Waals surface area (Å²) in [5.74, 6) is 1.10. The van der Waals surface area contributed by atoms with Gasteiger partial charge in [-0.15, -0.1) is 16.9 Å². The van der Waals surface area contributed by atoms with Gasteiger partial charge in [-0.2, -0.15) is 5.10 Å². The summed E-state index contributed by atoms with van der Waals surface area (Å²) in [6.07, 6.45) is 2.10. The summed E-state index contributed by atoms with van der Waals surface area (Å²) in [6.45, 7) is 6.17. The van der Waals surface area contributed by atoms with Crippen LogP contribution in [-0.4, -0.2) is 31.6 Å². The van der Waals surface area contributed by atoms with Crippen LogP contribution in [0.5, 0.6) is 0 Å². The van der Waals surface area contributed by atoms with Crippen molar-refractivity contribution in [1.29, 1.82) is 0 Å². The highest BCUT2D eigenvalue weighted by Gasteiger charge is 2.14. The number of aromatic nitrogens is 4. The molecule has 0 bridgehead atoms. The molecule has 1 N–H and O–H groups in total. The second-order valence-electron chi connectivity index (χ2n) is 5.99. The summed E-state index contributed by atoms with van der Waals surface area (Å²) in [7, 11) is 0. The Hall–Kier alpha value is -2.61. The number of hydrogen-bond donors (Lipinski definition) is 1. The molecule has 0 aliphatic rings. The minimum atomic E-state index is -0.205. The fourth-order valence-corrected chi connectivity index (χ4v) is 3.00. The minimum Gasteiger partial charge on any atom is -0.401 e. The lowest BCUT2D eigenvalue weighted by Gasteiger charge is -2.03. The maximum Gasteiger partial charge on any atom is 0.322 e. The molecule has 0 saturated heterocycles. The Labute approximate surface area is 156 Å². The molecule has 3 rings (SSSR count). The molecule has 0 atom stereocenters. The van der Waals surface area contributed by atoms with Crippen LogP contribution in [0.3, 0.4) is 0 Å². The van der Waals surface area contributed by atoms with Crippen molar-refractivity contribution in [2.45, 2.75) is 38.1 Å². The highest BCUT2D eigenvalue weighted by Crippen LogP contribution is 2.20. The van der Waals surface area contributed by atoms with Gasteiger partial charge >= 0.3 is 6.01 Å². The van der Waals surface area contributed by atoms with Gasteiger partial charge in [0.05, 0.1) is 6.42 Å². The molecule has 2 aromatic heterocycles. The van der Waals surface area contributed by atoms with Crippen LogP contribution in [0.1, 0.15) is 32.4 Å². The number of carbonyl (C=O) groups excluding carboxylic acids is 1. The zero-order valence-corrected chi connectivity index (χ0v) is 15.8. The van der Waals surface area contributed by atoms with Crippen LogP contribution in [0.25, 0.3) is 11.6 Å². The lowest BCUT2D eigenvalue weighted by atomic mass is 10.1.